The van der Waals surface area contributed by atoms with Crippen LogP contribution in [0.5, 0.6) is 0 Å². The summed E-state index contributed by atoms with van der Waals surface area (Å²) in [4.78, 5) is 14.5. The van der Waals surface area contributed by atoms with Crippen molar-refractivity contribution in [3.05, 3.63) is 70.8 Å². The highest BCUT2D eigenvalue weighted by Gasteiger charge is 2.32. The predicted molar refractivity (Wildman–Crippen MR) is 110 cm³/mol. The third kappa shape index (κ3) is 3.40. The molecular weight excluding hydrogens is 354 g/mol. The molecule has 0 spiro atoms. The van der Waals surface area contributed by atoms with Crippen LogP contribution in [-0.2, 0) is 6.54 Å². The van der Waals surface area contributed by atoms with E-state index in [9.17, 15) is 4.79 Å². The van der Waals surface area contributed by atoms with Gasteiger partial charge in [0.25, 0.3) is 5.91 Å². The molecule has 0 bridgehead atoms. The highest BCUT2D eigenvalue weighted by atomic mass is 32.2. The van der Waals surface area contributed by atoms with Gasteiger partial charge in [-0.1, -0.05) is 42.5 Å². The van der Waals surface area contributed by atoms with Crippen molar-refractivity contribution in [2.45, 2.75) is 30.3 Å². The third-order valence-electron chi connectivity index (χ3n) is 6.07. The highest BCUT2D eigenvalue weighted by molar-refractivity contribution is 8.00. The maximum Gasteiger partial charge on any atom is 0.251 e. The van der Waals surface area contributed by atoms with Gasteiger partial charge in [-0.15, -0.1) is 11.8 Å². The Kier molecular flexibility index (Phi) is 4.68. The Morgan fingerprint density at radius 2 is 2.00 bits per heavy atom. The molecule has 5 heteroatoms. The van der Waals surface area contributed by atoms with E-state index in [4.69, 9.17) is 0 Å². The van der Waals surface area contributed by atoms with E-state index in [-0.39, 0.29) is 5.91 Å². The van der Waals surface area contributed by atoms with Gasteiger partial charge in [0.15, 0.2) is 0 Å². The van der Waals surface area contributed by atoms with Gasteiger partial charge in [-0.25, -0.2) is 0 Å². The maximum absolute atomic E-state index is 11.9. The second-order valence-corrected chi connectivity index (χ2v) is 8.99. The zero-order valence-electron chi connectivity index (χ0n) is 15.4. The van der Waals surface area contributed by atoms with E-state index in [0.29, 0.717) is 23.9 Å². The average molecular weight is 380 g/mol. The molecule has 0 aliphatic carbocycles. The molecule has 3 heterocycles. The molecule has 140 valence electrons. The second-order valence-electron chi connectivity index (χ2n) is 7.75. The Labute approximate surface area is 164 Å². The molecule has 3 aliphatic rings. The lowest BCUT2D eigenvalue weighted by atomic mass is 9.91. The van der Waals surface area contributed by atoms with Crippen LogP contribution in [0, 0.1) is 0 Å². The second kappa shape index (κ2) is 7.30. The van der Waals surface area contributed by atoms with Gasteiger partial charge in [0, 0.05) is 37.0 Å². The van der Waals surface area contributed by atoms with Crippen LogP contribution in [0.1, 0.15) is 45.4 Å². The number of likely N-dealkylation sites (tertiary alicyclic amines) is 1. The number of carbonyl (C=O) groups is 1. The van der Waals surface area contributed by atoms with Crippen molar-refractivity contribution >= 4 is 17.7 Å². The monoisotopic (exact) mass is 379 g/mol. The van der Waals surface area contributed by atoms with Crippen LogP contribution in [0.25, 0.3) is 0 Å². The van der Waals surface area contributed by atoms with Crippen molar-refractivity contribution < 1.29 is 4.79 Å². The van der Waals surface area contributed by atoms with E-state index in [0.717, 1.165) is 31.0 Å². The van der Waals surface area contributed by atoms with E-state index in [1.54, 1.807) is 0 Å². The lowest BCUT2D eigenvalue weighted by Crippen LogP contribution is -2.35. The van der Waals surface area contributed by atoms with Gasteiger partial charge in [-0.05, 0) is 41.6 Å². The summed E-state index contributed by atoms with van der Waals surface area (Å²) in [5.41, 5.74) is 4.88. The predicted octanol–water partition coefficient (Wildman–Crippen LogP) is 3.12. The first-order valence-electron chi connectivity index (χ1n) is 9.83. The number of hydrogen-bond donors (Lipinski definition) is 2. The fourth-order valence-corrected chi connectivity index (χ4v) is 5.95. The number of rotatable bonds is 4. The maximum atomic E-state index is 11.9. The van der Waals surface area contributed by atoms with Gasteiger partial charge in [-0.3, -0.25) is 10.1 Å². The zero-order valence-corrected chi connectivity index (χ0v) is 16.2. The zero-order chi connectivity index (χ0) is 18.2. The Bertz CT molecular complexity index is 841. The van der Waals surface area contributed by atoms with Gasteiger partial charge in [0.2, 0.25) is 0 Å². The van der Waals surface area contributed by atoms with E-state index in [2.05, 4.69) is 51.9 Å². The van der Waals surface area contributed by atoms with Crippen molar-refractivity contribution in [2.75, 3.05) is 25.4 Å². The topological polar surface area (TPSA) is 44.4 Å². The molecule has 2 aromatic rings. The number of nitrogens with zero attached hydrogens (tertiary/aromatic N) is 1. The highest BCUT2D eigenvalue weighted by Crippen LogP contribution is 2.35. The summed E-state index contributed by atoms with van der Waals surface area (Å²) in [5, 5.41) is 7.27. The molecular formula is C22H25N3OS. The van der Waals surface area contributed by atoms with Crippen molar-refractivity contribution in [3.8, 4) is 0 Å². The number of carbonyl (C=O) groups excluding carboxylic acids is 1. The number of benzene rings is 2. The molecule has 3 atom stereocenters. The molecule has 0 saturated carbocycles. The molecule has 5 rings (SSSR count). The molecule has 0 aromatic heterocycles. The lowest BCUT2D eigenvalue weighted by molar-refractivity contribution is 0.0966. The van der Waals surface area contributed by atoms with E-state index < -0.39 is 0 Å². The van der Waals surface area contributed by atoms with Crippen LogP contribution in [0.15, 0.2) is 48.5 Å². The molecule has 2 N–H and O–H groups in total. The summed E-state index contributed by atoms with van der Waals surface area (Å²) in [6, 6.07) is 17.5. The van der Waals surface area contributed by atoms with Crippen LogP contribution < -0.4 is 10.6 Å². The molecule has 2 saturated heterocycles. The first-order chi connectivity index (χ1) is 13.3. The lowest BCUT2D eigenvalue weighted by Gasteiger charge is -2.21. The minimum atomic E-state index is 0.0835. The van der Waals surface area contributed by atoms with Crippen molar-refractivity contribution in [1.82, 2.24) is 15.5 Å². The Balaban J connectivity index is 1.21. The first-order valence-corrected chi connectivity index (χ1v) is 10.9. The van der Waals surface area contributed by atoms with Crippen LogP contribution in [0.4, 0.5) is 0 Å². The molecule has 4 nitrogen and oxygen atoms in total. The van der Waals surface area contributed by atoms with Crippen LogP contribution in [0.3, 0.4) is 0 Å². The minimum Gasteiger partial charge on any atom is -0.348 e. The smallest absolute Gasteiger partial charge is 0.251 e. The normalized spacial score (nSPS) is 27.7. The molecule has 2 aromatic carbocycles. The van der Waals surface area contributed by atoms with Gasteiger partial charge < -0.3 is 10.2 Å². The van der Waals surface area contributed by atoms with E-state index in [1.807, 2.05) is 23.9 Å². The molecule has 2 fully saturated rings. The average Bonchev–Trinajstić information content (AvgIpc) is 3.44. The van der Waals surface area contributed by atoms with Crippen LogP contribution in [-0.4, -0.2) is 41.6 Å². The van der Waals surface area contributed by atoms with Crippen molar-refractivity contribution in [3.63, 3.8) is 0 Å². The minimum absolute atomic E-state index is 0.0835. The van der Waals surface area contributed by atoms with Crippen LogP contribution >= 0.6 is 11.8 Å². The SMILES string of the molecule is O=C1NCc2c1cccc2C1CCN(CC2NC(c3ccccc3)CS2)C1. The Hall–Kier alpha value is -1.82. The van der Waals surface area contributed by atoms with Crippen LogP contribution in [0.2, 0.25) is 0 Å². The summed E-state index contributed by atoms with van der Waals surface area (Å²) in [7, 11) is 0. The molecule has 27 heavy (non-hydrogen) atoms. The number of nitrogens with one attached hydrogen (secondary N) is 2. The van der Waals surface area contributed by atoms with Gasteiger partial charge in [-0.2, -0.15) is 0 Å². The molecule has 0 radical (unpaired) electrons. The van der Waals surface area contributed by atoms with Gasteiger partial charge in [0.1, 0.15) is 0 Å². The Morgan fingerprint density at radius 1 is 1.11 bits per heavy atom. The fraction of sp³-hybridized carbons (Fsp3) is 0.409. The first kappa shape index (κ1) is 17.3. The molecule has 3 unspecified atom stereocenters. The third-order valence-corrected chi connectivity index (χ3v) is 7.29. The standard InChI is InChI=1S/C22H25N3OS/c26-22-18-8-4-7-17(19(18)11-23-22)16-9-10-25(12-16)13-21-24-20(14-27-21)15-5-2-1-3-6-15/h1-8,16,20-21,24H,9-14H2,(H,23,26). The number of amides is 1. The van der Waals surface area contributed by atoms with E-state index in [1.165, 1.54) is 23.1 Å². The Morgan fingerprint density at radius 3 is 2.89 bits per heavy atom. The number of fused-ring (bicyclic) bond motifs is 1. The summed E-state index contributed by atoms with van der Waals surface area (Å²) in [6.45, 7) is 4.03. The van der Waals surface area contributed by atoms with E-state index >= 15 is 0 Å². The summed E-state index contributed by atoms with van der Waals surface area (Å²) >= 11 is 2.04. The van der Waals surface area contributed by atoms with Crippen molar-refractivity contribution in [2.24, 2.45) is 0 Å². The number of thioether (sulfide) groups is 1. The fourth-order valence-electron chi connectivity index (χ4n) is 4.66. The van der Waals surface area contributed by atoms with Crippen molar-refractivity contribution in [1.29, 1.82) is 0 Å². The quantitative estimate of drug-likeness (QED) is 0.857. The summed E-state index contributed by atoms with van der Waals surface area (Å²) in [5.74, 6) is 1.77. The van der Waals surface area contributed by atoms with Gasteiger partial charge >= 0.3 is 0 Å². The molecule has 1 amide bonds. The summed E-state index contributed by atoms with van der Waals surface area (Å²) in [6.07, 6.45) is 1.18. The molecule has 3 aliphatic heterocycles. The summed E-state index contributed by atoms with van der Waals surface area (Å²) < 4.78 is 0. The largest absolute Gasteiger partial charge is 0.348 e. The number of hydrogen-bond acceptors (Lipinski definition) is 4. The van der Waals surface area contributed by atoms with Gasteiger partial charge in [0.05, 0.1) is 5.37 Å².